The van der Waals surface area contributed by atoms with Gasteiger partial charge in [-0.3, -0.25) is 4.79 Å². The van der Waals surface area contributed by atoms with Gasteiger partial charge in [-0.05, 0) is 30.5 Å². The number of benzene rings is 1. The van der Waals surface area contributed by atoms with E-state index in [0.717, 1.165) is 12.1 Å². The lowest BCUT2D eigenvalue weighted by atomic mass is 10.1. The van der Waals surface area contributed by atoms with Crippen molar-refractivity contribution >= 4 is 16.8 Å². The fourth-order valence-corrected chi connectivity index (χ4v) is 2.35. The normalized spacial score (nSPS) is 14.8. The van der Waals surface area contributed by atoms with Crippen molar-refractivity contribution in [2.45, 2.75) is 32.0 Å². The Hall–Kier alpha value is -1.81. The topological polar surface area (TPSA) is 46.1 Å². The highest BCUT2D eigenvalue weighted by atomic mass is 16.1. The van der Waals surface area contributed by atoms with Gasteiger partial charge in [0.15, 0.2) is 0 Å². The van der Waals surface area contributed by atoms with Crippen molar-refractivity contribution in [3.05, 3.63) is 36.0 Å². The zero-order valence-electron chi connectivity index (χ0n) is 11.1. The molecular weight excluding hydrogens is 238 g/mol. The minimum atomic E-state index is 0.0269. The molecule has 4 nitrogen and oxygen atoms in total. The monoisotopic (exact) mass is 257 g/mol. The summed E-state index contributed by atoms with van der Waals surface area (Å²) >= 11 is 0. The molecule has 2 aromatic rings. The van der Waals surface area contributed by atoms with Crippen molar-refractivity contribution < 1.29 is 4.79 Å². The fourth-order valence-electron chi connectivity index (χ4n) is 2.35. The fraction of sp³-hybridized carbons (Fsp3) is 0.400. The predicted molar refractivity (Wildman–Crippen MR) is 75.9 cm³/mol. The lowest BCUT2D eigenvalue weighted by Gasteiger charge is -2.07. The lowest BCUT2D eigenvalue weighted by molar-refractivity contribution is -0.121. The van der Waals surface area contributed by atoms with Gasteiger partial charge in [0.25, 0.3) is 0 Å². The zero-order chi connectivity index (χ0) is 13.2. The van der Waals surface area contributed by atoms with E-state index in [0.29, 0.717) is 12.6 Å². The van der Waals surface area contributed by atoms with E-state index < -0.39 is 0 Å². The summed E-state index contributed by atoms with van der Waals surface area (Å²) in [4.78, 5) is 11.5. The molecule has 1 fully saturated rings. The number of hydrogen-bond acceptors (Lipinski definition) is 2. The van der Waals surface area contributed by atoms with Gasteiger partial charge in [0, 0.05) is 36.7 Å². The molecule has 3 rings (SSSR count). The van der Waals surface area contributed by atoms with Crippen LogP contribution in [-0.4, -0.2) is 23.6 Å². The molecule has 0 bridgehead atoms. The van der Waals surface area contributed by atoms with Crippen LogP contribution in [0.15, 0.2) is 30.5 Å². The number of nitrogens with zero attached hydrogens (tertiary/aromatic N) is 1. The highest BCUT2D eigenvalue weighted by Crippen LogP contribution is 2.23. The third-order valence-electron chi connectivity index (χ3n) is 3.66. The van der Waals surface area contributed by atoms with E-state index in [1.807, 2.05) is 10.8 Å². The average molecular weight is 257 g/mol. The summed E-state index contributed by atoms with van der Waals surface area (Å²) in [6.07, 6.45) is 4.59. The smallest absolute Gasteiger partial charge is 0.239 e. The Morgan fingerprint density at radius 1 is 1.37 bits per heavy atom. The van der Waals surface area contributed by atoms with Crippen LogP contribution in [0, 0.1) is 0 Å². The number of carbonyl (C=O) groups excluding carboxylic acids is 1. The number of rotatable bonds is 5. The molecular formula is C15H19N3O. The quantitative estimate of drug-likeness (QED) is 0.855. The molecule has 0 spiro atoms. The van der Waals surface area contributed by atoms with Crippen molar-refractivity contribution in [3.63, 3.8) is 0 Å². The van der Waals surface area contributed by atoms with E-state index in [4.69, 9.17) is 0 Å². The van der Waals surface area contributed by atoms with Gasteiger partial charge in [-0.1, -0.05) is 12.1 Å². The van der Waals surface area contributed by atoms with Gasteiger partial charge < -0.3 is 15.2 Å². The minimum Gasteiger partial charge on any atom is -0.358 e. The molecule has 0 atom stereocenters. The van der Waals surface area contributed by atoms with Crippen LogP contribution in [0.1, 0.15) is 18.4 Å². The maximum atomic E-state index is 11.5. The highest BCUT2D eigenvalue weighted by Gasteiger charge is 2.20. The first-order valence-corrected chi connectivity index (χ1v) is 6.78. The number of likely N-dealkylation sites (N-methyl/N-ethyl adjacent to an activating group) is 1. The molecule has 1 aromatic carbocycles. The third kappa shape index (κ3) is 2.63. The summed E-state index contributed by atoms with van der Waals surface area (Å²) in [5.74, 6) is 0.0269. The summed E-state index contributed by atoms with van der Waals surface area (Å²) < 4.78 is 1.99. The molecule has 2 N–H and O–H groups in total. The van der Waals surface area contributed by atoms with Gasteiger partial charge >= 0.3 is 0 Å². The Labute approximate surface area is 112 Å². The molecule has 1 aliphatic carbocycles. The zero-order valence-corrected chi connectivity index (χ0v) is 11.1. The summed E-state index contributed by atoms with van der Waals surface area (Å²) in [6.45, 7) is 1.28. The first-order valence-electron chi connectivity index (χ1n) is 6.78. The Morgan fingerprint density at radius 2 is 2.21 bits per heavy atom. The second-order valence-corrected chi connectivity index (χ2v) is 5.12. The number of carbonyl (C=O) groups is 1. The second kappa shape index (κ2) is 5.05. The molecule has 100 valence electrons. The van der Waals surface area contributed by atoms with Crippen LogP contribution in [-0.2, 0) is 17.9 Å². The van der Waals surface area contributed by atoms with Crippen molar-refractivity contribution in [3.8, 4) is 0 Å². The van der Waals surface area contributed by atoms with E-state index in [1.54, 1.807) is 7.05 Å². The van der Waals surface area contributed by atoms with Crippen LogP contribution in [0.2, 0.25) is 0 Å². The third-order valence-corrected chi connectivity index (χ3v) is 3.66. The van der Waals surface area contributed by atoms with Crippen molar-refractivity contribution in [2.75, 3.05) is 7.05 Å². The molecule has 1 saturated carbocycles. The predicted octanol–water partition coefficient (Wildman–Crippen LogP) is 1.64. The molecule has 0 unspecified atom stereocenters. The maximum Gasteiger partial charge on any atom is 0.239 e. The van der Waals surface area contributed by atoms with E-state index in [1.165, 1.54) is 23.8 Å². The minimum absolute atomic E-state index is 0.0269. The van der Waals surface area contributed by atoms with Crippen LogP contribution in [0.25, 0.3) is 10.9 Å². The number of nitrogens with one attached hydrogen (secondary N) is 2. The van der Waals surface area contributed by atoms with Crippen molar-refractivity contribution in [1.29, 1.82) is 0 Å². The molecule has 1 amide bonds. The Balaban J connectivity index is 1.85. The number of aromatic nitrogens is 1. The molecule has 4 heteroatoms. The average Bonchev–Trinajstić information content (AvgIpc) is 3.18. The van der Waals surface area contributed by atoms with Crippen LogP contribution in [0.5, 0.6) is 0 Å². The van der Waals surface area contributed by atoms with E-state index >= 15 is 0 Å². The van der Waals surface area contributed by atoms with Crippen LogP contribution < -0.4 is 10.6 Å². The van der Waals surface area contributed by atoms with Gasteiger partial charge in [-0.2, -0.15) is 0 Å². The first kappa shape index (κ1) is 12.2. The summed E-state index contributed by atoms with van der Waals surface area (Å²) in [5.41, 5.74) is 2.43. The highest BCUT2D eigenvalue weighted by molar-refractivity contribution is 5.85. The Morgan fingerprint density at radius 3 is 2.95 bits per heavy atom. The number of amides is 1. The molecule has 0 aliphatic heterocycles. The maximum absolute atomic E-state index is 11.5. The summed E-state index contributed by atoms with van der Waals surface area (Å²) in [6, 6.07) is 9.10. The second-order valence-electron chi connectivity index (χ2n) is 5.12. The van der Waals surface area contributed by atoms with Gasteiger partial charge in [0.1, 0.15) is 6.54 Å². The molecule has 1 aliphatic rings. The number of fused-ring (bicyclic) bond motifs is 1. The van der Waals surface area contributed by atoms with E-state index in [2.05, 4.69) is 34.9 Å². The van der Waals surface area contributed by atoms with Gasteiger partial charge in [-0.15, -0.1) is 0 Å². The lowest BCUT2D eigenvalue weighted by Crippen LogP contribution is -2.23. The molecule has 19 heavy (non-hydrogen) atoms. The first-order chi connectivity index (χ1) is 9.28. The summed E-state index contributed by atoms with van der Waals surface area (Å²) in [5, 5.41) is 7.43. The molecule has 1 aromatic heterocycles. The summed E-state index contributed by atoms with van der Waals surface area (Å²) in [7, 11) is 1.67. The molecule has 0 radical (unpaired) electrons. The standard InChI is InChI=1S/C15H19N3O/c1-16-15(19)10-18-8-7-13-11(3-2-4-14(13)18)9-17-12-5-6-12/h2-4,7-8,12,17H,5-6,9-10H2,1H3,(H,16,19). The SMILES string of the molecule is CNC(=O)Cn1ccc2c(CNC3CC3)cccc21. The Bertz CT molecular complexity index is 598. The Kier molecular flexibility index (Phi) is 3.25. The molecule has 1 heterocycles. The molecule has 0 saturated heterocycles. The van der Waals surface area contributed by atoms with E-state index in [9.17, 15) is 4.79 Å². The van der Waals surface area contributed by atoms with Gasteiger partial charge in [-0.25, -0.2) is 0 Å². The number of hydrogen-bond donors (Lipinski definition) is 2. The van der Waals surface area contributed by atoms with Gasteiger partial charge in [0.05, 0.1) is 0 Å². The van der Waals surface area contributed by atoms with Gasteiger partial charge in [0.2, 0.25) is 5.91 Å². The van der Waals surface area contributed by atoms with Crippen molar-refractivity contribution in [2.24, 2.45) is 0 Å². The van der Waals surface area contributed by atoms with E-state index in [-0.39, 0.29) is 5.91 Å². The van der Waals surface area contributed by atoms with Crippen LogP contribution >= 0.6 is 0 Å². The van der Waals surface area contributed by atoms with Crippen molar-refractivity contribution in [1.82, 2.24) is 15.2 Å². The van der Waals surface area contributed by atoms with Crippen LogP contribution in [0.3, 0.4) is 0 Å². The van der Waals surface area contributed by atoms with Crippen LogP contribution in [0.4, 0.5) is 0 Å². The largest absolute Gasteiger partial charge is 0.358 e.